The fourth-order valence-electron chi connectivity index (χ4n) is 1.51. The molecule has 5 nitrogen and oxygen atoms in total. The Morgan fingerprint density at radius 1 is 1.39 bits per heavy atom. The number of rotatable bonds is 4. The van der Waals surface area contributed by atoms with Crippen molar-refractivity contribution in [3.05, 3.63) is 35.7 Å². The van der Waals surface area contributed by atoms with Gasteiger partial charge in [0, 0.05) is 19.2 Å². The SMILES string of the molecule is COC(C)(C)c1noc(-c2cccc(CN)c2)n1. The molecule has 2 N–H and O–H groups in total. The topological polar surface area (TPSA) is 74.2 Å². The molecule has 0 fully saturated rings. The molecule has 1 aromatic heterocycles. The average Bonchev–Trinajstić information content (AvgIpc) is 2.89. The van der Waals surface area contributed by atoms with Crippen LogP contribution in [0.3, 0.4) is 0 Å². The van der Waals surface area contributed by atoms with Crippen LogP contribution in [0.15, 0.2) is 28.8 Å². The third-order valence-corrected chi connectivity index (χ3v) is 2.88. The molecule has 1 aromatic carbocycles. The quantitative estimate of drug-likeness (QED) is 0.895. The highest BCUT2D eigenvalue weighted by Crippen LogP contribution is 2.24. The van der Waals surface area contributed by atoms with E-state index in [4.69, 9.17) is 15.0 Å². The zero-order valence-corrected chi connectivity index (χ0v) is 10.8. The molecule has 0 atom stereocenters. The second-order valence-electron chi connectivity index (χ2n) is 4.54. The van der Waals surface area contributed by atoms with Gasteiger partial charge < -0.3 is 15.0 Å². The number of hydrogen-bond donors (Lipinski definition) is 1. The highest BCUT2D eigenvalue weighted by atomic mass is 16.5. The molecule has 0 aliphatic rings. The molecule has 0 spiro atoms. The predicted molar refractivity (Wildman–Crippen MR) is 67.7 cm³/mol. The standard InChI is InChI=1S/C13H17N3O2/c1-13(2,17-3)12-15-11(18-16-12)10-6-4-5-9(7-10)8-14/h4-7H,8,14H2,1-3H3. The summed E-state index contributed by atoms with van der Waals surface area (Å²) in [6.45, 7) is 4.26. The van der Waals surface area contributed by atoms with E-state index >= 15 is 0 Å². The van der Waals surface area contributed by atoms with Crippen LogP contribution in [0, 0.1) is 0 Å². The Kier molecular flexibility index (Phi) is 3.45. The number of aromatic nitrogens is 2. The summed E-state index contributed by atoms with van der Waals surface area (Å²) in [5.74, 6) is 1.00. The molecule has 0 bridgehead atoms. The zero-order chi connectivity index (χ0) is 13.2. The first kappa shape index (κ1) is 12.7. The van der Waals surface area contributed by atoms with E-state index in [1.165, 1.54) is 0 Å². The van der Waals surface area contributed by atoms with E-state index in [1.807, 2.05) is 38.1 Å². The van der Waals surface area contributed by atoms with Crippen molar-refractivity contribution in [3.8, 4) is 11.5 Å². The van der Waals surface area contributed by atoms with Gasteiger partial charge in [-0.25, -0.2) is 0 Å². The molecule has 0 aliphatic heterocycles. The van der Waals surface area contributed by atoms with Gasteiger partial charge in [-0.05, 0) is 31.5 Å². The Balaban J connectivity index is 2.35. The maximum atomic E-state index is 5.61. The Labute approximate surface area is 106 Å². The minimum absolute atomic E-state index is 0.477. The number of benzene rings is 1. The monoisotopic (exact) mass is 247 g/mol. The summed E-state index contributed by atoms with van der Waals surface area (Å²) in [6.07, 6.45) is 0. The van der Waals surface area contributed by atoms with Crippen LogP contribution in [0.2, 0.25) is 0 Å². The third kappa shape index (κ3) is 2.42. The molecule has 0 aliphatic carbocycles. The lowest BCUT2D eigenvalue weighted by Crippen LogP contribution is -2.21. The van der Waals surface area contributed by atoms with Crippen molar-refractivity contribution in [2.75, 3.05) is 7.11 Å². The van der Waals surface area contributed by atoms with E-state index < -0.39 is 5.60 Å². The molecular weight excluding hydrogens is 230 g/mol. The Morgan fingerprint density at radius 3 is 2.83 bits per heavy atom. The maximum absolute atomic E-state index is 5.61. The van der Waals surface area contributed by atoms with Gasteiger partial charge in [0.05, 0.1) is 0 Å². The first-order valence-corrected chi connectivity index (χ1v) is 5.75. The summed E-state index contributed by atoms with van der Waals surface area (Å²) < 4.78 is 10.6. The fraction of sp³-hybridized carbons (Fsp3) is 0.385. The predicted octanol–water partition coefficient (Wildman–Crippen LogP) is 2.08. The highest BCUT2D eigenvalue weighted by molar-refractivity contribution is 5.54. The first-order valence-electron chi connectivity index (χ1n) is 5.75. The van der Waals surface area contributed by atoms with Crippen molar-refractivity contribution < 1.29 is 9.26 Å². The Bertz CT molecular complexity index is 535. The zero-order valence-electron chi connectivity index (χ0n) is 10.8. The molecule has 18 heavy (non-hydrogen) atoms. The van der Waals surface area contributed by atoms with Gasteiger partial charge in [-0.3, -0.25) is 0 Å². The molecule has 2 rings (SSSR count). The smallest absolute Gasteiger partial charge is 0.258 e. The van der Waals surface area contributed by atoms with Gasteiger partial charge in [0.25, 0.3) is 5.89 Å². The maximum Gasteiger partial charge on any atom is 0.258 e. The van der Waals surface area contributed by atoms with Gasteiger partial charge in [0.15, 0.2) is 0 Å². The third-order valence-electron chi connectivity index (χ3n) is 2.88. The molecule has 0 unspecified atom stereocenters. The molecule has 96 valence electrons. The average molecular weight is 247 g/mol. The van der Waals surface area contributed by atoms with Crippen molar-refractivity contribution >= 4 is 0 Å². The Hall–Kier alpha value is -1.72. The van der Waals surface area contributed by atoms with Crippen molar-refractivity contribution in [3.63, 3.8) is 0 Å². The lowest BCUT2D eigenvalue weighted by Gasteiger charge is -2.17. The minimum Gasteiger partial charge on any atom is -0.371 e. The lowest BCUT2D eigenvalue weighted by atomic mass is 10.1. The number of ether oxygens (including phenoxy) is 1. The Morgan fingerprint density at radius 2 is 2.17 bits per heavy atom. The molecule has 0 amide bonds. The van der Waals surface area contributed by atoms with Gasteiger partial charge in [0.2, 0.25) is 5.82 Å². The van der Waals surface area contributed by atoms with E-state index in [0.717, 1.165) is 11.1 Å². The first-order chi connectivity index (χ1) is 8.56. The van der Waals surface area contributed by atoms with E-state index in [0.29, 0.717) is 18.3 Å². The molecule has 5 heteroatoms. The number of nitrogens with zero attached hydrogens (tertiary/aromatic N) is 2. The van der Waals surface area contributed by atoms with E-state index in [1.54, 1.807) is 7.11 Å². The molecule has 2 aromatic rings. The van der Waals surface area contributed by atoms with Gasteiger partial charge in [-0.15, -0.1) is 0 Å². The van der Waals surface area contributed by atoms with Crippen LogP contribution in [-0.2, 0) is 16.9 Å². The van der Waals surface area contributed by atoms with Gasteiger partial charge >= 0.3 is 0 Å². The summed E-state index contributed by atoms with van der Waals surface area (Å²) in [4.78, 5) is 4.35. The van der Waals surface area contributed by atoms with Crippen LogP contribution in [0.5, 0.6) is 0 Å². The van der Waals surface area contributed by atoms with Crippen molar-refractivity contribution in [2.45, 2.75) is 26.0 Å². The van der Waals surface area contributed by atoms with Crippen LogP contribution < -0.4 is 5.73 Å². The fourth-order valence-corrected chi connectivity index (χ4v) is 1.51. The van der Waals surface area contributed by atoms with Crippen molar-refractivity contribution in [2.24, 2.45) is 5.73 Å². The summed E-state index contributed by atoms with van der Waals surface area (Å²) >= 11 is 0. The summed E-state index contributed by atoms with van der Waals surface area (Å²) in [5, 5.41) is 3.95. The van der Waals surface area contributed by atoms with Crippen molar-refractivity contribution in [1.82, 2.24) is 10.1 Å². The summed E-state index contributed by atoms with van der Waals surface area (Å²) in [7, 11) is 1.62. The molecule has 0 saturated carbocycles. The summed E-state index contributed by atoms with van der Waals surface area (Å²) in [6, 6.07) is 7.73. The molecule has 0 saturated heterocycles. The van der Waals surface area contributed by atoms with E-state index in [9.17, 15) is 0 Å². The van der Waals surface area contributed by atoms with Crippen LogP contribution >= 0.6 is 0 Å². The highest BCUT2D eigenvalue weighted by Gasteiger charge is 2.26. The number of methoxy groups -OCH3 is 1. The summed E-state index contributed by atoms with van der Waals surface area (Å²) in [5.41, 5.74) is 6.93. The number of nitrogens with two attached hydrogens (primary N) is 1. The molecule has 1 heterocycles. The van der Waals surface area contributed by atoms with Gasteiger partial charge in [-0.1, -0.05) is 17.3 Å². The minimum atomic E-state index is -0.562. The van der Waals surface area contributed by atoms with Gasteiger partial charge in [0.1, 0.15) is 5.60 Å². The van der Waals surface area contributed by atoms with Crippen LogP contribution in [0.1, 0.15) is 25.2 Å². The second kappa shape index (κ2) is 4.88. The molecular formula is C13H17N3O2. The van der Waals surface area contributed by atoms with E-state index in [-0.39, 0.29) is 0 Å². The largest absolute Gasteiger partial charge is 0.371 e. The second-order valence-corrected chi connectivity index (χ2v) is 4.54. The van der Waals surface area contributed by atoms with Gasteiger partial charge in [-0.2, -0.15) is 4.98 Å². The van der Waals surface area contributed by atoms with Crippen LogP contribution in [0.25, 0.3) is 11.5 Å². The van der Waals surface area contributed by atoms with Crippen LogP contribution in [-0.4, -0.2) is 17.3 Å². The van der Waals surface area contributed by atoms with Crippen molar-refractivity contribution in [1.29, 1.82) is 0 Å². The lowest BCUT2D eigenvalue weighted by molar-refractivity contribution is 0.00973. The normalized spacial score (nSPS) is 11.8. The van der Waals surface area contributed by atoms with E-state index in [2.05, 4.69) is 10.1 Å². The van der Waals surface area contributed by atoms with Crippen LogP contribution in [0.4, 0.5) is 0 Å². The number of hydrogen-bond acceptors (Lipinski definition) is 5. The molecule has 0 radical (unpaired) electrons.